The number of ether oxygens (including phenoxy) is 1. The molecule has 0 spiro atoms. The fourth-order valence-electron chi connectivity index (χ4n) is 1.88. The van der Waals surface area contributed by atoms with Gasteiger partial charge in [-0.2, -0.15) is 0 Å². The van der Waals surface area contributed by atoms with Crippen LogP contribution in [0.15, 0.2) is 24.3 Å². The molecule has 0 aliphatic carbocycles. The highest BCUT2D eigenvalue weighted by molar-refractivity contribution is 5.62. The lowest BCUT2D eigenvalue weighted by Gasteiger charge is -2.03. The second-order valence-electron chi connectivity index (χ2n) is 4.34. The summed E-state index contributed by atoms with van der Waals surface area (Å²) in [4.78, 5) is 7.84. The van der Waals surface area contributed by atoms with Crippen LogP contribution in [-0.4, -0.2) is 17.1 Å². The van der Waals surface area contributed by atoms with Crippen LogP contribution in [0.25, 0.3) is 11.3 Å². The van der Waals surface area contributed by atoms with E-state index in [0.29, 0.717) is 0 Å². The Morgan fingerprint density at radius 1 is 1.33 bits per heavy atom. The van der Waals surface area contributed by atoms with Gasteiger partial charge in [-0.05, 0) is 37.6 Å². The molecule has 1 aromatic carbocycles. The van der Waals surface area contributed by atoms with E-state index >= 15 is 0 Å². The molecular formula is C14H19N3O. The number of hydrogen-bond donors (Lipinski definition) is 2. The topological polar surface area (TPSA) is 63.9 Å². The molecule has 4 nitrogen and oxygen atoms in total. The van der Waals surface area contributed by atoms with Gasteiger partial charge in [-0.1, -0.05) is 6.92 Å². The minimum absolute atomic E-state index is 0.0318. The van der Waals surface area contributed by atoms with Gasteiger partial charge < -0.3 is 15.5 Å². The van der Waals surface area contributed by atoms with E-state index in [0.717, 1.165) is 34.9 Å². The third-order valence-electron chi connectivity index (χ3n) is 3.06. The van der Waals surface area contributed by atoms with Crippen LogP contribution in [0.4, 0.5) is 0 Å². The number of nitrogens with two attached hydrogens (primary N) is 1. The van der Waals surface area contributed by atoms with Gasteiger partial charge in [0.15, 0.2) is 0 Å². The van der Waals surface area contributed by atoms with Crippen molar-refractivity contribution >= 4 is 0 Å². The number of methoxy groups -OCH3 is 1. The minimum atomic E-state index is -0.0318. The molecule has 2 aromatic rings. The Bertz CT molecular complexity index is 516. The smallest absolute Gasteiger partial charge is 0.123 e. The molecule has 0 saturated carbocycles. The Balaban J connectivity index is 2.34. The lowest BCUT2D eigenvalue weighted by Crippen LogP contribution is -2.10. The van der Waals surface area contributed by atoms with Gasteiger partial charge in [-0.15, -0.1) is 0 Å². The number of aryl methyl sites for hydroxylation is 1. The number of imidazole rings is 1. The normalized spacial score (nSPS) is 12.4. The van der Waals surface area contributed by atoms with Crippen LogP contribution < -0.4 is 10.5 Å². The third kappa shape index (κ3) is 2.38. The van der Waals surface area contributed by atoms with Gasteiger partial charge in [0.1, 0.15) is 11.6 Å². The van der Waals surface area contributed by atoms with Crippen LogP contribution in [0.2, 0.25) is 0 Å². The minimum Gasteiger partial charge on any atom is -0.497 e. The number of nitrogens with one attached hydrogen (secondary N) is 1. The lowest BCUT2D eigenvalue weighted by atomic mass is 10.1. The van der Waals surface area contributed by atoms with Crippen LogP contribution in [0, 0.1) is 6.92 Å². The second-order valence-corrected chi connectivity index (χ2v) is 4.34. The van der Waals surface area contributed by atoms with Crippen LogP contribution in [0.5, 0.6) is 5.75 Å². The molecule has 96 valence electrons. The van der Waals surface area contributed by atoms with Crippen molar-refractivity contribution < 1.29 is 4.74 Å². The van der Waals surface area contributed by atoms with E-state index in [9.17, 15) is 0 Å². The van der Waals surface area contributed by atoms with Crippen LogP contribution in [0.3, 0.4) is 0 Å². The summed E-state index contributed by atoms with van der Waals surface area (Å²) in [5, 5.41) is 0. The maximum absolute atomic E-state index is 5.99. The zero-order valence-electron chi connectivity index (χ0n) is 11.0. The molecular weight excluding hydrogens is 226 g/mol. The summed E-state index contributed by atoms with van der Waals surface area (Å²) < 4.78 is 5.15. The van der Waals surface area contributed by atoms with Crippen molar-refractivity contribution in [2.75, 3.05) is 7.11 Å². The van der Waals surface area contributed by atoms with E-state index in [1.54, 1.807) is 7.11 Å². The first-order valence-electron chi connectivity index (χ1n) is 6.12. The summed E-state index contributed by atoms with van der Waals surface area (Å²) in [5.74, 6) is 1.69. The molecule has 0 aliphatic rings. The van der Waals surface area contributed by atoms with E-state index < -0.39 is 0 Å². The molecule has 0 aliphatic heterocycles. The van der Waals surface area contributed by atoms with E-state index in [2.05, 4.69) is 16.9 Å². The zero-order chi connectivity index (χ0) is 13.1. The van der Waals surface area contributed by atoms with Gasteiger partial charge in [0, 0.05) is 11.3 Å². The number of rotatable bonds is 4. The predicted molar refractivity (Wildman–Crippen MR) is 72.5 cm³/mol. The van der Waals surface area contributed by atoms with E-state index in [4.69, 9.17) is 10.5 Å². The highest BCUT2D eigenvalue weighted by Gasteiger charge is 2.13. The van der Waals surface area contributed by atoms with Gasteiger partial charge in [-0.25, -0.2) is 4.98 Å². The van der Waals surface area contributed by atoms with Crippen LogP contribution in [0.1, 0.15) is 30.9 Å². The van der Waals surface area contributed by atoms with Crippen molar-refractivity contribution in [3.63, 3.8) is 0 Å². The van der Waals surface area contributed by atoms with Crippen molar-refractivity contribution in [3.05, 3.63) is 35.8 Å². The van der Waals surface area contributed by atoms with E-state index in [1.807, 2.05) is 31.2 Å². The Morgan fingerprint density at radius 3 is 2.56 bits per heavy atom. The molecule has 1 heterocycles. The van der Waals surface area contributed by atoms with Crippen LogP contribution in [-0.2, 0) is 0 Å². The van der Waals surface area contributed by atoms with E-state index in [-0.39, 0.29) is 6.04 Å². The lowest BCUT2D eigenvalue weighted by molar-refractivity contribution is 0.415. The molecule has 1 aromatic heterocycles. The largest absolute Gasteiger partial charge is 0.497 e. The molecule has 0 radical (unpaired) electrons. The van der Waals surface area contributed by atoms with Crippen molar-refractivity contribution in [3.8, 4) is 17.0 Å². The Morgan fingerprint density at radius 2 is 2.00 bits per heavy atom. The SMILES string of the molecule is CCC(N)c1nc(-c2ccc(OC)cc2)c(C)[nH]1. The monoisotopic (exact) mass is 245 g/mol. The van der Waals surface area contributed by atoms with Crippen molar-refractivity contribution in [2.24, 2.45) is 5.73 Å². The number of nitrogens with zero attached hydrogens (tertiary/aromatic N) is 1. The van der Waals surface area contributed by atoms with Gasteiger partial charge in [0.05, 0.1) is 18.8 Å². The first kappa shape index (κ1) is 12.6. The number of hydrogen-bond acceptors (Lipinski definition) is 3. The Labute approximate surface area is 107 Å². The number of H-pyrrole nitrogens is 1. The van der Waals surface area contributed by atoms with Gasteiger partial charge in [0.25, 0.3) is 0 Å². The van der Waals surface area contributed by atoms with Gasteiger partial charge in [-0.3, -0.25) is 0 Å². The highest BCUT2D eigenvalue weighted by atomic mass is 16.5. The second kappa shape index (κ2) is 5.23. The number of benzene rings is 1. The number of aromatic amines is 1. The summed E-state index contributed by atoms with van der Waals surface area (Å²) in [6.45, 7) is 4.06. The summed E-state index contributed by atoms with van der Waals surface area (Å²) in [6.07, 6.45) is 0.870. The Hall–Kier alpha value is -1.81. The Kier molecular flexibility index (Phi) is 3.67. The van der Waals surface area contributed by atoms with E-state index in [1.165, 1.54) is 0 Å². The fraction of sp³-hybridized carbons (Fsp3) is 0.357. The molecule has 3 N–H and O–H groups in total. The average molecular weight is 245 g/mol. The summed E-state index contributed by atoms with van der Waals surface area (Å²) in [7, 11) is 1.66. The zero-order valence-corrected chi connectivity index (χ0v) is 11.0. The van der Waals surface area contributed by atoms with Gasteiger partial charge in [0.2, 0.25) is 0 Å². The fourth-order valence-corrected chi connectivity index (χ4v) is 1.88. The predicted octanol–water partition coefficient (Wildman–Crippen LogP) is 2.80. The third-order valence-corrected chi connectivity index (χ3v) is 3.06. The molecule has 2 rings (SSSR count). The molecule has 0 saturated heterocycles. The summed E-state index contributed by atoms with van der Waals surface area (Å²) in [6, 6.07) is 7.84. The standard InChI is InChI=1S/C14H19N3O/c1-4-12(15)14-16-9(2)13(17-14)10-5-7-11(18-3)8-6-10/h5-8,12H,4,15H2,1-3H3,(H,16,17). The van der Waals surface area contributed by atoms with Crippen molar-refractivity contribution in [1.82, 2.24) is 9.97 Å². The molecule has 0 bridgehead atoms. The molecule has 1 atom stereocenters. The molecule has 0 fully saturated rings. The molecule has 4 heteroatoms. The quantitative estimate of drug-likeness (QED) is 0.870. The summed E-state index contributed by atoms with van der Waals surface area (Å²) in [5.41, 5.74) is 9.05. The average Bonchev–Trinajstić information content (AvgIpc) is 2.80. The van der Waals surface area contributed by atoms with Gasteiger partial charge >= 0.3 is 0 Å². The maximum atomic E-state index is 5.99. The molecule has 0 amide bonds. The molecule has 18 heavy (non-hydrogen) atoms. The summed E-state index contributed by atoms with van der Waals surface area (Å²) >= 11 is 0. The first-order chi connectivity index (χ1) is 8.65. The van der Waals surface area contributed by atoms with Crippen LogP contribution >= 0.6 is 0 Å². The molecule has 1 unspecified atom stereocenters. The van der Waals surface area contributed by atoms with Crippen molar-refractivity contribution in [2.45, 2.75) is 26.3 Å². The first-order valence-corrected chi connectivity index (χ1v) is 6.12. The maximum Gasteiger partial charge on any atom is 0.123 e. The number of aromatic nitrogens is 2. The van der Waals surface area contributed by atoms with Crippen molar-refractivity contribution in [1.29, 1.82) is 0 Å². The highest BCUT2D eigenvalue weighted by Crippen LogP contribution is 2.25.